The Bertz CT molecular complexity index is 1210. The van der Waals surface area contributed by atoms with Gasteiger partial charge in [0.1, 0.15) is 11.6 Å². The Kier molecular flexibility index (Phi) is 5.84. The molecular formula is C23H24N2O6S. The number of thiazole rings is 1. The lowest BCUT2D eigenvalue weighted by atomic mass is 9.90. The molecule has 0 N–H and O–H groups in total. The van der Waals surface area contributed by atoms with E-state index in [-0.39, 0.29) is 23.1 Å². The van der Waals surface area contributed by atoms with Gasteiger partial charge in [0.15, 0.2) is 11.5 Å². The highest BCUT2D eigenvalue weighted by Gasteiger charge is 2.38. The number of ether oxygens (including phenoxy) is 4. The zero-order chi connectivity index (χ0) is 23.0. The molecular weight excluding hydrogens is 432 g/mol. The van der Waals surface area contributed by atoms with Gasteiger partial charge in [-0.1, -0.05) is 17.4 Å². The second-order valence-electron chi connectivity index (χ2n) is 7.26. The topological polar surface area (TPSA) is 79.2 Å². The summed E-state index contributed by atoms with van der Waals surface area (Å²) in [7, 11) is 7.88. The summed E-state index contributed by atoms with van der Waals surface area (Å²) >= 11 is 1.14. The van der Waals surface area contributed by atoms with E-state index in [1.807, 2.05) is 30.3 Å². The fourth-order valence-electron chi connectivity index (χ4n) is 4.01. The predicted octanol–water partition coefficient (Wildman–Crippen LogP) is 3.68. The van der Waals surface area contributed by atoms with E-state index in [0.717, 1.165) is 21.8 Å². The molecule has 1 aliphatic heterocycles. The molecule has 0 unspecified atom stereocenters. The molecule has 0 saturated heterocycles. The van der Waals surface area contributed by atoms with E-state index in [2.05, 4.69) is 0 Å². The minimum Gasteiger partial charge on any atom is -0.497 e. The molecule has 1 amide bonds. The third-order valence-electron chi connectivity index (χ3n) is 5.57. The van der Waals surface area contributed by atoms with Crippen molar-refractivity contribution in [2.45, 2.75) is 12.3 Å². The number of carbonyl (C=O) groups excluding carboxylic acids is 1. The molecule has 3 aromatic rings. The number of methoxy groups -OCH3 is 4. The quantitative estimate of drug-likeness (QED) is 0.563. The van der Waals surface area contributed by atoms with E-state index in [1.54, 1.807) is 39.3 Å². The van der Waals surface area contributed by atoms with Crippen LogP contribution in [0.15, 0.2) is 41.2 Å². The number of anilines is 2. The number of rotatable bonds is 6. The van der Waals surface area contributed by atoms with Gasteiger partial charge >= 0.3 is 4.87 Å². The highest BCUT2D eigenvalue weighted by molar-refractivity contribution is 7.10. The van der Waals surface area contributed by atoms with Gasteiger partial charge in [0.2, 0.25) is 11.7 Å². The molecule has 0 fully saturated rings. The molecule has 4 rings (SSSR count). The second kappa shape index (κ2) is 8.58. The summed E-state index contributed by atoms with van der Waals surface area (Å²) in [4.78, 5) is 28.4. The Morgan fingerprint density at radius 2 is 1.62 bits per heavy atom. The molecule has 0 spiro atoms. The summed E-state index contributed by atoms with van der Waals surface area (Å²) in [6.45, 7) is 0. The van der Waals surface area contributed by atoms with E-state index >= 15 is 0 Å². The second-order valence-corrected chi connectivity index (χ2v) is 8.25. The molecule has 32 heavy (non-hydrogen) atoms. The molecule has 0 saturated carbocycles. The van der Waals surface area contributed by atoms with Crippen LogP contribution >= 0.6 is 11.3 Å². The van der Waals surface area contributed by atoms with Crippen LogP contribution in [0.4, 0.5) is 11.5 Å². The van der Waals surface area contributed by atoms with Crippen molar-refractivity contribution in [3.63, 3.8) is 0 Å². The zero-order valence-corrected chi connectivity index (χ0v) is 19.3. The smallest absolute Gasteiger partial charge is 0.308 e. The number of carbonyl (C=O) groups is 1. The Labute approximate surface area is 189 Å². The molecule has 0 aliphatic carbocycles. The van der Waals surface area contributed by atoms with Crippen molar-refractivity contribution in [1.82, 2.24) is 4.57 Å². The molecule has 1 atom stereocenters. The number of fused-ring (bicyclic) bond motifs is 1. The van der Waals surface area contributed by atoms with Crippen molar-refractivity contribution in [2.75, 3.05) is 33.3 Å². The number of amides is 1. The lowest BCUT2D eigenvalue weighted by molar-refractivity contribution is -0.118. The predicted molar refractivity (Wildman–Crippen MR) is 122 cm³/mol. The number of hydrogen-bond donors (Lipinski definition) is 0. The first-order valence-corrected chi connectivity index (χ1v) is 10.7. The van der Waals surface area contributed by atoms with Gasteiger partial charge in [0, 0.05) is 25.5 Å². The Hall–Kier alpha value is -3.46. The third-order valence-corrected chi connectivity index (χ3v) is 6.70. The van der Waals surface area contributed by atoms with Crippen molar-refractivity contribution in [1.29, 1.82) is 0 Å². The first kappa shape index (κ1) is 21.8. The SMILES string of the molecule is COc1cccc(N2C(=O)C[C@@H](c3cc(OC)c(OC)c(OC)c3)c3sc(=O)n(C)c32)c1. The summed E-state index contributed by atoms with van der Waals surface area (Å²) in [5.41, 5.74) is 1.45. The number of benzene rings is 2. The molecule has 168 valence electrons. The maximum atomic E-state index is 13.4. The minimum absolute atomic E-state index is 0.127. The van der Waals surface area contributed by atoms with Crippen LogP contribution in [0.2, 0.25) is 0 Å². The summed E-state index contributed by atoms with van der Waals surface area (Å²) in [6.07, 6.45) is 0.183. The molecule has 9 heteroatoms. The van der Waals surface area contributed by atoms with Gasteiger partial charge in [-0.15, -0.1) is 0 Å². The van der Waals surface area contributed by atoms with Gasteiger partial charge < -0.3 is 18.9 Å². The van der Waals surface area contributed by atoms with Crippen LogP contribution in [0.3, 0.4) is 0 Å². The van der Waals surface area contributed by atoms with Crippen LogP contribution in [0.25, 0.3) is 0 Å². The Morgan fingerprint density at radius 3 is 2.22 bits per heavy atom. The molecule has 2 aromatic carbocycles. The Balaban J connectivity index is 1.89. The standard InChI is InChI=1S/C23H24N2O6S/c1-24-22-21(32-23(24)27)16(13-9-17(29-3)20(31-5)18(10-13)30-4)12-19(26)25(22)14-7-6-8-15(11-14)28-2/h6-11,16H,12H2,1-5H3/t16-/m0/s1. The van der Waals surface area contributed by atoms with Crippen molar-refractivity contribution in [3.8, 4) is 23.0 Å². The fourth-order valence-corrected chi connectivity index (χ4v) is 5.10. The van der Waals surface area contributed by atoms with Crippen LogP contribution in [-0.4, -0.2) is 38.9 Å². The fraction of sp³-hybridized carbons (Fsp3) is 0.304. The summed E-state index contributed by atoms with van der Waals surface area (Å²) in [5.74, 6) is 2.20. The molecule has 2 heterocycles. The van der Waals surface area contributed by atoms with Gasteiger partial charge in [0.05, 0.1) is 39.0 Å². The maximum Gasteiger partial charge on any atom is 0.308 e. The number of hydrogen-bond acceptors (Lipinski definition) is 7. The van der Waals surface area contributed by atoms with Crippen molar-refractivity contribution >= 4 is 28.7 Å². The zero-order valence-electron chi connectivity index (χ0n) is 18.5. The molecule has 1 aromatic heterocycles. The van der Waals surface area contributed by atoms with Gasteiger partial charge in [-0.05, 0) is 29.8 Å². The van der Waals surface area contributed by atoms with Gasteiger partial charge in [-0.2, -0.15) is 0 Å². The van der Waals surface area contributed by atoms with Crippen LogP contribution in [0.5, 0.6) is 23.0 Å². The van der Waals surface area contributed by atoms with Gasteiger partial charge in [-0.3, -0.25) is 19.1 Å². The normalized spacial score (nSPS) is 15.3. The molecule has 1 aliphatic rings. The lowest BCUT2D eigenvalue weighted by Gasteiger charge is -2.32. The lowest BCUT2D eigenvalue weighted by Crippen LogP contribution is -2.34. The maximum absolute atomic E-state index is 13.4. The van der Waals surface area contributed by atoms with Gasteiger partial charge in [-0.25, -0.2) is 0 Å². The molecule has 0 radical (unpaired) electrons. The van der Waals surface area contributed by atoms with E-state index in [9.17, 15) is 9.59 Å². The van der Waals surface area contributed by atoms with Crippen molar-refractivity contribution < 1.29 is 23.7 Å². The number of nitrogens with zero attached hydrogens (tertiary/aromatic N) is 2. The largest absolute Gasteiger partial charge is 0.497 e. The van der Waals surface area contributed by atoms with E-state index < -0.39 is 0 Å². The minimum atomic E-state index is -0.327. The van der Waals surface area contributed by atoms with Crippen LogP contribution < -0.4 is 28.7 Å². The highest BCUT2D eigenvalue weighted by atomic mass is 32.1. The third kappa shape index (κ3) is 3.48. The first-order chi connectivity index (χ1) is 15.4. The molecule has 8 nitrogen and oxygen atoms in total. The first-order valence-electron chi connectivity index (χ1n) is 9.90. The summed E-state index contributed by atoms with van der Waals surface area (Å²) in [5, 5.41) is 0. The highest BCUT2D eigenvalue weighted by Crippen LogP contribution is 2.48. The molecule has 0 bridgehead atoms. The van der Waals surface area contributed by atoms with Crippen LogP contribution in [0, 0.1) is 0 Å². The van der Waals surface area contributed by atoms with E-state index in [1.165, 1.54) is 11.7 Å². The van der Waals surface area contributed by atoms with Gasteiger partial charge in [0.25, 0.3) is 0 Å². The van der Waals surface area contributed by atoms with E-state index in [0.29, 0.717) is 34.5 Å². The van der Waals surface area contributed by atoms with Crippen LogP contribution in [0.1, 0.15) is 22.8 Å². The number of aromatic nitrogens is 1. The van der Waals surface area contributed by atoms with E-state index in [4.69, 9.17) is 18.9 Å². The van der Waals surface area contributed by atoms with Crippen molar-refractivity contribution in [2.24, 2.45) is 7.05 Å². The monoisotopic (exact) mass is 456 g/mol. The summed E-state index contributed by atoms with van der Waals surface area (Å²) in [6, 6.07) is 10.9. The summed E-state index contributed by atoms with van der Waals surface area (Å²) < 4.78 is 23.2. The van der Waals surface area contributed by atoms with Crippen molar-refractivity contribution in [3.05, 3.63) is 56.5 Å². The average molecular weight is 457 g/mol. The Morgan fingerprint density at radius 1 is 0.938 bits per heavy atom. The average Bonchev–Trinajstić information content (AvgIpc) is 3.11. The van der Waals surface area contributed by atoms with Crippen LogP contribution in [-0.2, 0) is 11.8 Å².